The number of piperazine rings is 1. The zero-order valence-electron chi connectivity index (χ0n) is 22.7. The number of likely N-dealkylation sites (N-methyl/N-ethyl adjacent to an activating group) is 1. The van der Waals surface area contributed by atoms with Crippen LogP contribution in [0.5, 0.6) is 0 Å². The molecule has 1 saturated carbocycles. The third kappa shape index (κ3) is 7.82. The number of amides is 3. The summed E-state index contributed by atoms with van der Waals surface area (Å²) < 4.78 is 14.3. The Morgan fingerprint density at radius 3 is 2.62 bits per heavy atom. The maximum atomic E-state index is 12.7. The van der Waals surface area contributed by atoms with Crippen molar-refractivity contribution in [1.82, 2.24) is 35.7 Å². The molecule has 0 spiro atoms. The van der Waals surface area contributed by atoms with E-state index in [1.165, 1.54) is 31.4 Å². The van der Waals surface area contributed by atoms with E-state index in [1.54, 1.807) is 28.8 Å². The molecule has 2 heterocycles. The Labute approximate surface area is 228 Å². The summed E-state index contributed by atoms with van der Waals surface area (Å²) in [6, 6.07) is 14.2. The summed E-state index contributed by atoms with van der Waals surface area (Å²) in [5.41, 5.74) is 2.64. The summed E-state index contributed by atoms with van der Waals surface area (Å²) in [4.78, 5) is 25.4. The lowest BCUT2D eigenvalue weighted by Crippen LogP contribution is -2.53. The monoisotopic (exact) mass is 536 g/mol. The number of anilines is 1. The van der Waals surface area contributed by atoms with Gasteiger partial charge in [-0.2, -0.15) is 0 Å². The first-order chi connectivity index (χ1) is 18.8. The van der Waals surface area contributed by atoms with Crippen molar-refractivity contribution >= 4 is 17.6 Å². The molecule has 1 aliphatic heterocycles. The Hall–Kier alpha value is -3.86. The molecule has 2 fully saturated rings. The molecule has 39 heavy (non-hydrogen) atoms. The fourth-order valence-electron chi connectivity index (χ4n) is 4.99. The van der Waals surface area contributed by atoms with Gasteiger partial charge in [0.25, 0.3) is 0 Å². The third-order valence-corrected chi connectivity index (χ3v) is 7.41. The van der Waals surface area contributed by atoms with E-state index in [9.17, 15) is 14.0 Å². The number of hydrogen-bond acceptors (Lipinski definition) is 6. The number of carbonyl (C=O) groups is 2. The standard InChI is InChI=1S/C16H22N6O.C12H15FN2O/c1-11-6-3-4-9-14(11)18-16(23)17-13-8-5-7-12(10-13)15-19-20-21-22(15)2;1-15-11(7-14-8-12(15)16)6-9-2-4-10(13)5-3-9/h5,7-8,10-11,14H,3-4,6,9H2,1-2H3,(H2,17,18,23);2-5,11,14H,6-8H2,1H3. The minimum Gasteiger partial charge on any atom is -0.340 e. The molecule has 3 amide bonds. The SMILES string of the molecule is CC1CCCCC1NC(=O)Nc1cccc(-c2nnnn2C)c1.CN1C(=O)CNCC1Cc1ccc(F)cc1. The van der Waals surface area contributed by atoms with Crippen molar-refractivity contribution in [2.75, 3.05) is 25.5 Å². The highest BCUT2D eigenvalue weighted by Crippen LogP contribution is 2.24. The summed E-state index contributed by atoms with van der Waals surface area (Å²) in [7, 11) is 3.60. The van der Waals surface area contributed by atoms with E-state index < -0.39 is 0 Å². The van der Waals surface area contributed by atoms with E-state index in [-0.39, 0.29) is 29.8 Å². The Morgan fingerprint density at radius 2 is 1.90 bits per heavy atom. The van der Waals surface area contributed by atoms with Crippen molar-refractivity contribution in [1.29, 1.82) is 0 Å². The predicted octanol–water partition coefficient (Wildman–Crippen LogP) is 3.38. The highest BCUT2D eigenvalue weighted by Gasteiger charge is 2.24. The number of halogens is 1. The van der Waals surface area contributed by atoms with Gasteiger partial charge in [0.2, 0.25) is 5.91 Å². The average Bonchev–Trinajstić information content (AvgIpc) is 3.36. The van der Waals surface area contributed by atoms with Crippen molar-refractivity contribution in [3.63, 3.8) is 0 Å². The van der Waals surface area contributed by atoms with Crippen LogP contribution in [0, 0.1) is 11.7 Å². The predicted molar refractivity (Wildman–Crippen MR) is 147 cm³/mol. The molecule has 10 nitrogen and oxygen atoms in total. The fraction of sp³-hybridized carbons (Fsp3) is 0.464. The minimum atomic E-state index is -0.227. The van der Waals surface area contributed by atoms with Crippen LogP contribution in [0.4, 0.5) is 14.9 Å². The van der Waals surface area contributed by atoms with Crippen LogP contribution in [-0.4, -0.2) is 69.3 Å². The van der Waals surface area contributed by atoms with Crippen LogP contribution in [0.2, 0.25) is 0 Å². The zero-order chi connectivity index (χ0) is 27.8. The first-order valence-electron chi connectivity index (χ1n) is 13.4. The van der Waals surface area contributed by atoms with Gasteiger partial charge in [-0.3, -0.25) is 4.79 Å². The Balaban J connectivity index is 0.000000193. The van der Waals surface area contributed by atoms with Gasteiger partial charge in [-0.15, -0.1) is 5.10 Å². The maximum Gasteiger partial charge on any atom is 0.319 e. The molecule has 0 bridgehead atoms. The van der Waals surface area contributed by atoms with Crippen LogP contribution in [0.25, 0.3) is 11.4 Å². The third-order valence-electron chi connectivity index (χ3n) is 7.41. The molecular formula is C28H37FN8O2. The molecule has 3 aromatic rings. The minimum absolute atomic E-state index is 0.110. The van der Waals surface area contributed by atoms with Gasteiger partial charge in [0, 0.05) is 44.0 Å². The number of nitrogens with zero attached hydrogens (tertiary/aromatic N) is 5. The highest BCUT2D eigenvalue weighted by atomic mass is 19.1. The second kappa shape index (κ2) is 13.3. The molecule has 1 aliphatic carbocycles. The van der Waals surface area contributed by atoms with Crippen molar-refractivity contribution in [3.05, 3.63) is 59.9 Å². The van der Waals surface area contributed by atoms with Crippen LogP contribution in [0.1, 0.15) is 38.2 Å². The molecule has 3 atom stereocenters. The lowest BCUT2D eigenvalue weighted by Gasteiger charge is -2.33. The second-order valence-corrected chi connectivity index (χ2v) is 10.3. The summed E-state index contributed by atoms with van der Waals surface area (Å²) in [6.45, 7) is 3.40. The number of aryl methyl sites for hydroxylation is 1. The molecule has 2 aliphatic rings. The number of nitrogens with one attached hydrogen (secondary N) is 3. The molecule has 11 heteroatoms. The summed E-state index contributed by atoms with van der Waals surface area (Å²) in [5, 5.41) is 20.5. The van der Waals surface area contributed by atoms with Gasteiger partial charge in [-0.25, -0.2) is 13.9 Å². The van der Waals surface area contributed by atoms with E-state index in [0.717, 1.165) is 36.2 Å². The molecule has 5 rings (SSSR count). The van der Waals surface area contributed by atoms with Crippen LogP contribution in [0.3, 0.4) is 0 Å². The molecule has 3 unspecified atom stereocenters. The zero-order valence-corrected chi connectivity index (χ0v) is 22.7. The van der Waals surface area contributed by atoms with Gasteiger partial charge in [0.15, 0.2) is 5.82 Å². The van der Waals surface area contributed by atoms with Gasteiger partial charge in [0.1, 0.15) is 5.82 Å². The van der Waals surface area contributed by atoms with Crippen LogP contribution in [0.15, 0.2) is 48.5 Å². The number of hydrogen-bond donors (Lipinski definition) is 3. The molecule has 2 aromatic carbocycles. The summed E-state index contributed by atoms with van der Waals surface area (Å²) in [5.74, 6) is 1.08. The van der Waals surface area contributed by atoms with Crippen molar-refractivity contribution in [3.8, 4) is 11.4 Å². The normalized spacial score (nSPS) is 21.1. The lowest BCUT2D eigenvalue weighted by atomic mass is 9.86. The largest absolute Gasteiger partial charge is 0.340 e. The number of urea groups is 1. The number of tetrazole rings is 1. The van der Waals surface area contributed by atoms with Crippen molar-refractivity contribution in [2.24, 2.45) is 13.0 Å². The lowest BCUT2D eigenvalue weighted by molar-refractivity contribution is -0.133. The van der Waals surface area contributed by atoms with Crippen molar-refractivity contribution < 1.29 is 14.0 Å². The average molecular weight is 537 g/mol. The number of carbonyl (C=O) groups excluding carboxylic acids is 2. The van der Waals surface area contributed by atoms with E-state index in [1.807, 2.05) is 31.3 Å². The van der Waals surface area contributed by atoms with Crippen LogP contribution < -0.4 is 16.0 Å². The maximum absolute atomic E-state index is 12.7. The first-order valence-corrected chi connectivity index (χ1v) is 13.4. The Bertz CT molecular complexity index is 1250. The van der Waals surface area contributed by atoms with E-state index >= 15 is 0 Å². The molecular weight excluding hydrogens is 499 g/mol. The van der Waals surface area contributed by atoms with E-state index in [2.05, 4.69) is 38.4 Å². The fourth-order valence-corrected chi connectivity index (χ4v) is 4.99. The number of aromatic nitrogens is 4. The van der Waals surface area contributed by atoms with Gasteiger partial charge < -0.3 is 20.9 Å². The van der Waals surface area contributed by atoms with E-state index in [0.29, 0.717) is 18.3 Å². The first kappa shape index (κ1) is 28.2. The van der Waals surface area contributed by atoms with E-state index in [4.69, 9.17) is 0 Å². The Kier molecular flexibility index (Phi) is 9.59. The van der Waals surface area contributed by atoms with Crippen LogP contribution >= 0.6 is 0 Å². The summed E-state index contributed by atoms with van der Waals surface area (Å²) >= 11 is 0. The Morgan fingerprint density at radius 1 is 1.13 bits per heavy atom. The smallest absolute Gasteiger partial charge is 0.319 e. The quantitative estimate of drug-likeness (QED) is 0.460. The van der Waals surface area contributed by atoms with Gasteiger partial charge >= 0.3 is 6.03 Å². The topological polar surface area (TPSA) is 117 Å². The number of benzene rings is 2. The molecule has 1 aromatic heterocycles. The molecule has 0 radical (unpaired) electrons. The number of rotatable bonds is 5. The highest BCUT2D eigenvalue weighted by molar-refractivity contribution is 5.90. The molecule has 1 saturated heterocycles. The summed E-state index contributed by atoms with van der Waals surface area (Å²) in [6.07, 6.45) is 5.44. The van der Waals surface area contributed by atoms with Crippen LogP contribution in [-0.2, 0) is 18.3 Å². The molecule has 208 valence electrons. The van der Waals surface area contributed by atoms with Crippen molar-refractivity contribution in [2.45, 2.75) is 51.1 Å². The van der Waals surface area contributed by atoms with Gasteiger partial charge in [0.05, 0.1) is 6.54 Å². The molecule has 3 N–H and O–H groups in total. The van der Waals surface area contributed by atoms with Gasteiger partial charge in [-0.1, -0.05) is 44.0 Å². The second-order valence-electron chi connectivity index (χ2n) is 10.3. The van der Waals surface area contributed by atoms with Gasteiger partial charge in [-0.05, 0) is 65.4 Å².